The van der Waals surface area contributed by atoms with Crippen molar-refractivity contribution in [2.24, 2.45) is 0 Å². The van der Waals surface area contributed by atoms with Gasteiger partial charge in [-0.2, -0.15) is 0 Å². The van der Waals surface area contributed by atoms with Crippen LogP contribution >= 0.6 is 12.4 Å². The van der Waals surface area contributed by atoms with E-state index in [2.05, 4.69) is 0 Å². The van der Waals surface area contributed by atoms with Gasteiger partial charge in [0, 0.05) is 0 Å². The van der Waals surface area contributed by atoms with Crippen molar-refractivity contribution in [3.8, 4) is 0 Å². The normalized spacial score (nSPS) is 11.5. The van der Waals surface area contributed by atoms with Crippen LogP contribution in [0.4, 0.5) is 0 Å². The second-order valence-corrected chi connectivity index (χ2v) is 14.8. The number of rotatable bonds is 6. The Labute approximate surface area is 161 Å². The molecular formula is C18H23ClO5Si2. The van der Waals surface area contributed by atoms with Gasteiger partial charge in [0.25, 0.3) is 0 Å². The van der Waals surface area contributed by atoms with Crippen molar-refractivity contribution in [3.63, 3.8) is 0 Å². The molecule has 0 spiro atoms. The maximum Gasteiger partial charge on any atom is 0.335 e. The summed E-state index contributed by atoms with van der Waals surface area (Å²) in [5, 5.41) is 20.3. The molecule has 0 amide bonds. The molecular weight excluding hydrogens is 388 g/mol. The van der Waals surface area contributed by atoms with Crippen LogP contribution in [-0.2, 0) is 4.12 Å². The Morgan fingerprint density at radius 3 is 1.35 bits per heavy atom. The molecule has 0 atom stereocenters. The molecule has 0 heterocycles. The number of hydrogen-bond donors (Lipinski definition) is 2. The van der Waals surface area contributed by atoms with Gasteiger partial charge in [0.1, 0.15) is 0 Å². The summed E-state index contributed by atoms with van der Waals surface area (Å²) in [5.41, 5.74) is 0.492. The standard InChI is InChI=1S/C18H22O5Si2.ClH/c1-24(2,15-11-7-5-9-13(15)17(19)20)23-25(3,4)16-12-8-6-10-14(16)18(21)22;/h5-12H,1-4H3,(H,19,20)(H,21,22);1H. The summed E-state index contributed by atoms with van der Waals surface area (Å²) in [6, 6.07) is 13.7. The highest BCUT2D eigenvalue weighted by Crippen LogP contribution is 2.18. The topological polar surface area (TPSA) is 83.8 Å². The van der Waals surface area contributed by atoms with Crippen LogP contribution in [0.2, 0.25) is 26.2 Å². The van der Waals surface area contributed by atoms with Gasteiger partial charge in [0.15, 0.2) is 0 Å². The molecule has 8 heteroatoms. The first-order valence-electron chi connectivity index (χ1n) is 7.92. The lowest BCUT2D eigenvalue weighted by atomic mass is 10.2. The van der Waals surface area contributed by atoms with E-state index in [1.54, 1.807) is 48.5 Å². The number of carboxylic acids is 2. The molecule has 0 saturated carbocycles. The number of aromatic carboxylic acids is 2. The van der Waals surface area contributed by atoms with Crippen LogP contribution in [0.1, 0.15) is 20.7 Å². The molecule has 2 aromatic rings. The fourth-order valence-electron chi connectivity index (χ4n) is 3.14. The van der Waals surface area contributed by atoms with Gasteiger partial charge in [0.05, 0.1) is 11.1 Å². The summed E-state index contributed by atoms with van der Waals surface area (Å²) in [7, 11) is -5.15. The Morgan fingerprint density at radius 2 is 1.04 bits per heavy atom. The summed E-state index contributed by atoms with van der Waals surface area (Å²) in [6.45, 7) is 7.81. The lowest BCUT2D eigenvalue weighted by Gasteiger charge is -2.35. The van der Waals surface area contributed by atoms with Gasteiger partial charge in [-0.1, -0.05) is 36.4 Å². The first-order valence-corrected chi connectivity index (χ1v) is 13.7. The Bertz CT molecular complexity index is 753. The predicted molar refractivity (Wildman–Crippen MR) is 109 cm³/mol. The first-order chi connectivity index (χ1) is 11.6. The molecule has 0 bridgehead atoms. The zero-order valence-corrected chi connectivity index (χ0v) is 18.0. The van der Waals surface area contributed by atoms with Crippen molar-refractivity contribution >= 4 is 51.4 Å². The Kier molecular flexibility index (Phi) is 6.95. The van der Waals surface area contributed by atoms with Gasteiger partial charge < -0.3 is 14.3 Å². The molecule has 0 fully saturated rings. The fraction of sp³-hybridized carbons (Fsp3) is 0.222. The van der Waals surface area contributed by atoms with Crippen LogP contribution in [0.15, 0.2) is 48.5 Å². The molecule has 2 aromatic carbocycles. The van der Waals surface area contributed by atoms with Crippen LogP contribution in [0.5, 0.6) is 0 Å². The number of benzene rings is 2. The minimum absolute atomic E-state index is 0. The van der Waals surface area contributed by atoms with E-state index >= 15 is 0 Å². The van der Waals surface area contributed by atoms with Gasteiger partial charge >= 0.3 is 11.9 Å². The van der Waals surface area contributed by atoms with Crippen molar-refractivity contribution in [1.29, 1.82) is 0 Å². The van der Waals surface area contributed by atoms with Crippen LogP contribution in [0, 0.1) is 0 Å². The largest absolute Gasteiger partial charge is 0.478 e. The number of carboxylic acid groups (broad SMARTS) is 2. The number of halogens is 1. The molecule has 0 unspecified atom stereocenters. The predicted octanol–water partition coefficient (Wildman–Crippen LogP) is 3.05. The van der Waals surface area contributed by atoms with E-state index in [9.17, 15) is 19.8 Å². The molecule has 0 saturated heterocycles. The Balaban J connectivity index is 0.00000338. The SMILES string of the molecule is C[Si](C)(O[Si](C)(C)c1ccccc1C(=O)O)c1ccccc1C(=O)O.Cl. The number of hydrogen-bond acceptors (Lipinski definition) is 3. The summed E-state index contributed by atoms with van der Waals surface area (Å²) in [4.78, 5) is 23.1. The lowest BCUT2D eigenvalue weighted by molar-refractivity contribution is 0.0687. The summed E-state index contributed by atoms with van der Waals surface area (Å²) < 4.78 is 6.53. The average molecular weight is 411 g/mol. The zero-order chi connectivity index (χ0) is 18.8. The van der Waals surface area contributed by atoms with E-state index in [-0.39, 0.29) is 23.5 Å². The molecule has 0 radical (unpaired) electrons. The van der Waals surface area contributed by atoms with Crippen molar-refractivity contribution in [1.82, 2.24) is 0 Å². The van der Waals surface area contributed by atoms with Crippen LogP contribution < -0.4 is 10.4 Å². The third-order valence-electron chi connectivity index (χ3n) is 4.12. The molecule has 26 heavy (non-hydrogen) atoms. The summed E-state index contributed by atoms with van der Waals surface area (Å²) >= 11 is 0. The third-order valence-corrected chi connectivity index (χ3v) is 11.7. The Hall–Kier alpha value is -1.94. The smallest absolute Gasteiger partial charge is 0.335 e. The average Bonchev–Trinajstić information content (AvgIpc) is 2.54. The molecule has 5 nitrogen and oxygen atoms in total. The third kappa shape index (κ3) is 4.61. The van der Waals surface area contributed by atoms with E-state index in [4.69, 9.17) is 4.12 Å². The van der Waals surface area contributed by atoms with E-state index in [1.165, 1.54) is 0 Å². The molecule has 0 aliphatic carbocycles. The van der Waals surface area contributed by atoms with Crippen molar-refractivity contribution < 1.29 is 23.9 Å². The summed E-state index contributed by atoms with van der Waals surface area (Å²) in [5.74, 6) is -1.96. The fourth-order valence-corrected chi connectivity index (χ4v) is 11.8. The molecule has 0 aliphatic rings. The molecule has 140 valence electrons. The maximum absolute atomic E-state index is 11.5. The van der Waals surface area contributed by atoms with Crippen LogP contribution in [-0.4, -0.2) is 38.8 Å². The monoisotopic (exact) mass is 410 g/mol. The summed E-state index contributed by atoms with van der Waals surface area (Å²) in [6.07, 6.45) is 0. The van der Waals surface area contributed by atoms with Crippen molar-refractivity contribution in [2.75, 3.05) is 0 Å². The molecule has 2 rings (SSSR count). The van der Waals surface area contributed by atoms with Crippen LogP contribution in [0.3, 0.4) is 0 Å². The quantitative estimate of drug-likeness (QED) is 0.715. The van der Waals surface area contributed by atoms with Gasteiger partial charge in [-0.05, 0) is 48.7 Å². The van der Waals surface area contributed by atoms with E-state index in [1.807, 2.05) is 26.2 Å². The van der Waals surface area contributed by atoms with Gasteiger partial charge in [-0.25, -0.2) is 9.59 Å². The highest BCUT2D eigenvalue weighted by atomic mass is 35.5. The van der Waals surface area contributed by atoms with Crippen molar-refractivity contribution in [2.45, 2.75) is 26.2 Å². The van der Waals surface area contributed by atoms with E-state index in [0.717, 1.165) is 0 Å². The second-order valence-electron chi connectivity index (χ2n) is 6.82. The first kappa shape index (κ1) is 22.1. The zero-order valence-electron chi connectivity index (χ0n) is 15.1. The van der Waals surface area contributed by atoms with Crippen LogP contribution in [0.25, 0.3) is 0 Å². The highest BCUT2D eigenvalue weighted by molar-refractivity contribution is 6.97. The minimum atomic E-state index is -2.57. The van der Waals surface area contributed by atoms with Gasteiger partial charge in [0.2, 0.25) is 16.6 Å². The van der Waals surface area contributed by atoms with E-state index < -0.39 is 28.6 Å². The van der Waals surface area contributed by atoms with E-state index in [0.29, 0.717) is 10.4 Å². The van der Waals surface area contributed by atoms with Crippen molar-refractivity contribution in [3.05, 3.63) is 59.7 Å². The maximum atomic E-state index is 11.5. The minimum Gasteiger partial charge on any atom is -0.478 e. The van der Waals surface area contributed by atoms with Gasteiger partial charge in [-0.3, -0.25) is 0 Å². The highest BCUT2D eigenvalue weighted by Gasteiger charge is 2.39. The molecule has 0 aliphatic heterocycles. The molecule has 2 N–H and O–H groups in total. The second kappa shape index (κ2) is 8.17. The lowest BCUT2D eigenvalue weighted by Crippen LogP contribution is -2.59. The van der Waals surface area contributed by atoms with Gasteiger partial charge in [-0.15, -0.1) is 12.4 Å². The number of carbonyl (C=O) groups is 2. The Morgan fingerprint density at radius 1 is 0.731 bits per heavy atom. The molecule has 0 aromatic heterocycles.